The van der Waals surface area contributed by atoms with Crippen LogP contribution in [0.25, 0.3) is 26.4 Å². The van der Waals surface area contributed by atoms with Crippen LogP contribution in [0.1, 0.15) is 80.7 Å². The second-order valence-electron chi connectivity index (χ2n) is 10.9. The number of carbonyl (C=O) groups is 2. The monoisotopic (exact) mass is 551 g/mol. The molecule has 3 heterocycles. The Balaban J connectivity index is 1.51. The van der Waals surface area contributed by atoms with E-state index in [0.717, 1.165) is 51.3 Å². The molecule has 2 aromatic heterocycles. The molecule has 4 aromatic rings. The van der Waals surface area contributed by atoms with Crippen molar-refractivity contribution in [2.75, 3.05) is 13.2 Å². The van der Waals surface area contributed by atoms with Gasteiger partial charge in [-0.2, -0.15) is 0 Å². The smallest absolute Gasteiger partial charge is 0.410 e. The minimum atomic E-state index is -0.590. The molecule has 0 spiro atoms. The summed E-state index contributed by atoms with van der Waals surface area (Å²) < 4.78 is 29.4. The van der Waals surface area contributed by atoms with Gasteiger partial charge in [-0.25, -0.2) is 19.0 Å². The van der Waals surface area contributed by atoms with E-state index in [1.165, 1.54) is 17.4 Å². The van der Waals surface area contributed by atoms with Crippen LogP contribution < -0.4 is 0 Å². The van der Waals surface area contributed by atoms with E-state index < -0.39 is 5.60 Å². The number of amides is 1. The van der Waals surface area contributed by atoms with Gasteiger partial charge in [-0.1, -0.05) is 24.3 Å². The lowest BCUT2D eigenvalue weighted by atomic mass is 10.0. The molecule has 0 N–H and O–H groups in total. The summed E-state index contributed by atoms with van der Waals surface area (Å²) in [6.45, 7) is 12.2. The molecule has 1 atom stereocenters. The van der Waals surface area contributed by atoms with Crippen LogP contribution in [0.2, 0.25) is 0 Å². The Bertz CT molecular complexity index is 1580. The minimum Gasteiger partial charge on any atom is -0.462 e. The highest BCUT2D eigenvalue weighted by atomic mass is 32.1. The van der Waals surface area contributed by atoms with Crippen LogP contribution in [-0.2, 0) is 15.9 Å². The molecular formula is C30H34FN3O4S. The van der Waals surface area contributed by atoms with Crippen molar-refractivity contribution in [3.8, 4) is 11.3 Å². The van der Waals surface area contributed by atoms with E-state index in [1.807, 2.05) is 52.8 Å². The maximum Gasteiger partial charge on any atom is 0.410 e. The molecular weight excluding hydrogens is 517 g/mol. The zero-order valence-electron chi connectivity index (χ0n) is 23.3. The molecule has 5 rings (SSSR count). The molecule has 0 radical (unpaired) electrons. The number of imidazole rings is 1. The van der Waals surface area contributed by atoms with Gasteiger partial charge in [0.05, 0.1) is 34.1 Å². The largest absolute Gasteiger partial charge is 0.462 e. The fraction of sp³-hybridized carbons (Fsp3) is 0.433. The van der Waals surface area contributed by atoms with Crippen LogP contribution in [-0.4, -0.2) is 45.1 Å². The standard InChI is InChI=1S/C30H34FN3O4S/c1-7-18-14-20(27(35)37-8-2)16-24-26(18)34-17(3)25(32-28(34)39-24)21-12-11-19(15-22(21)31)23-10-9-13-33(23)29(36)38-30(4,5)6/h11-12,14-16,23H,7-10,13H2,1-6H3. The molecule has 1 aliphatic rings. The Morgan fingerprint density at radius 1 is 1.18 bits per heavy atom. The van der Waals surface area contributed by atoms with Crippen LogP contribution in [0, 0.1) is 12.7 Å². The number of likely N-dealkylation sites (tertiary alicyclic amines) is 1. The number of aromatic nitrogens is 2. The van der Waals surface area contributed by atoms with Crippen LogP contribution >= 0.6 is 11.3 Å². The van der Waals surface area contributed by atoms with Crippen molar-refractivity contribution in [2.45, 2.75) is 72.4 Å². The van der Waals surface area contributed by atoms with Crippen molar-refractivity contribution in [2.24, 2.45) is 0 Å². The molecule has 0 aliphatic carbocycles. The summed E-state index contributed by atoms with van der Waals surface area (Å²) in [5, 5.41) is 0. The van der Waals surface area contributed by atoms with E-state index >= 15 is 4.39 Å². The molecule has 2 aromatic carbocycles. The van der Waals surface area contributed by atoms with Crippen LogP contribution in [0.5, 0.6) is 0 Å². The molecule has 1 aliphatic heterocycles. The van der Waals surface area contributed by atoms with Gasteiger partial charge in [0.25, 0.3) is 0 Å². The third kappa shape index (κ3) is 5.00. The molecule has 1 fully saturated rings. The molecule has 9 heteroatoms. The van der Waals surface area contributed by atoms with Crippen molar-refractivity contribution in [3.05, 3.63) is 58.5 Å². The van der Waals surface area contributed by atoms with Crippen LogP contribution in [0.3, 0.4) is 0 Å². The fourth-order valence-electron chi connectivity index (χ4n) is 5.34. The summed E-state index contributed by atoms with van der Waals surface area (Å²) in [5.74, 6) is -0.714. The Kier molecular flexibility index (Phi) is 7.13. The number of aryl methyl sites for hydroxylation is 2. The summed E-state index contributed by atoms with van der Waals surface area (Å²) >= 11 is 1.47. The molecule has 0 bridgehead atoms. The number of nitrogens with zero attached hydrogens (tertiary/aromatic N) is 3. The fourth-order valence-corrected chi connectivity index (χ4v) is 6.50. The minimum absolute atomic E-state index is 0.223. The number of benzene rings is 2. The highest BCUT2D eigenvalue weighted by molar-refractivity contribution is 7.23. The molecule has 1 unspecified atom stereocenters. The zero-order chi connectivity index (χ0) is 28.1. The van der Waals surface area contributed by atoms with E-state index in [9.17, 15) is 9.59 Å². The van der Waals surface area contributed by atoms with Crippen LogP contribution in [0.4, 0.5) is 9.18 Å². The van der Waals surface area contributed by atoms with E-state index in [4.69, 9.17) is 14.5 Å². The molecule has 1 saturated heterocycles. The van der Waals surface area contributed by atoms with Gasteiger partial charge in [0, 0.05) is 17.8 Å². The third-order valence-corrected chi connectivity index (χ3v) is 8.05. The number of thiazole rings is 1. The van der Waals surface area contributed by atoms with Crippen molar-refractivity contribution < 1.29 is 23.5 Å². The maximum absolute atomic E-state index is 15.6. The predicted octanol–water partition coefficient (Wildman–Crippen LogP) is 7.47. The zero-order valence-corrected chi connectivity index (χ0v) is 24.1. The average Bonchev–Trinajstić information content (AvgIpc) is 3.57. The first-order valence-electron chi connectivity index (χ1n) is 13.4. The van der Waals surface area contributed by atoms with Gasteiger partial charge in [-0.05, 0) is 89.3 Å². The lowest BCUT2D eigenvalue weighted by Gasteiger charge is -2.29. The van der Waals surface area contributed by atoms with Crippen molar-refractivity contribution in [3.63, 3.8) is 0 Å². The average molecular weight is 552 g/mol. The Hall–Kier alpha value is -3.46. The first kappa shape index (κ1) is 27.1. The van der Waals surface area contributed by atoms with E-state index in [1.54, 1.807) is 17.9 Å². The van der Waals surface area contributed by atoms with Gasteiger partial charge in [0.15, 0.2) is 4.96 Å². The van der Waals surface area contributed by atoms with Crippen LogP contribution in [0.15, 0.2) is 30.3 Å². The molecule has 1 amide bonds. The Labute approximate surface area is 231 Å². The Morgan fingerprint density at radius 2 is 1.95 bits per heavy atom. The summed E-state index contributed by atoms with van der Waals surface area (Å²) in [7, 11) is 0. The molecule has 39 heavy (non-hydrogen) atoms. The molecule has 0 saturated carbocycles. The second kappa shape index (κ2) is 10.3. The van der Waals surface area contributed by atoms with E-state index in [2.05, 4.69) is 4.40 Å². The number of fused-ring (bicyclic) bond motifs is 3. The van der Waals surface area contributed by atoms with E-state index in [-0.39, 0.29) is 23.9 Å². The lowest BCUT2D eigenvalue weighted by Crippen LogP contribution is -2.36. The number of hydrogen-bond donors (Lipinski definition) is 0. The number of esters is 1. The quantitative estimate of drug-likeness (QED) is 0.241. The highest BCUT2D eigenvalue weighted by Gasteiger charge is 2.33. The number of hydrogen-bond acceptors (Lipinski definition) is 6. The normalized spacial score (nSPS) is 15.9. The first-order chi connectivity index (χ1) is 18.5. The molecule has 206 valence electrons. The Morgan fingerprint density at radius 3 is 2.62 bits per heavy atom. The van der Waals surface area contributed by atoms with Gasteiger partial charge >= 0.3 is 12.1 Å². The summed E-state index contributed by atoms with van der Waals surface area (Å²) in [6.07, 6.45) is 1.95. The number of carbonyl (C=O) groups excluding carboxylic acids is 2. The number of rotatable bonds is 5. The van der Waals surface area contributed by atoms with Gasteiger partial charge in [0.1, 0.15) is 11.4 Å². The van der Waals surface area contributed by atoms with E-state index in [0.29, 0.717) is 30.0 Å². The summed E-state index contributed by atoms with van der Waals surface area (Å²) in [5.41, 5.74) is 4.51. The third-order valence-electron chi connectivity index (χ3n) is 7.06. The van der Waals surface area contributed by atoms with Gasteiger partial charge in [-0.15, -0.1) is 0 Å². The summed E-state index contributed by atoms with van der Waals surface area (Å²) in [6, 6.07) is 8.67. The topological polar surface area (TPSA) is 73.1 Å². The summed E-state index contributed by atoms with van der Waals surface area (Å²) in [4.78, 5) is 32.4. The highest BCUT2D eigenvalue weighted by Crippen LogP contribution is 2.38. The number of ether oxygens (including phenoxy) is 2. The maximum atomic E-state index is 15.6. The van der Waals surface area contributed by atoms with Gasteiger partial charge < -0.3 is 14.4 Å². The first-order valence-corrected chi connectivity index (χ1v) is 14.2. The molecule has 7 nitrogen and oxygen atoms in total. The predicted molar refractivity (Wildman–Crippen MR) is 151 cm³/mol. The second-order valence-corrected chi connectivity index (χ2v) is 11.9. The lowest BCUT2D eigenvalue weighted by molar-refractivity contribution is 0.0224. The van der Waals surface area contributed by atoms with Crippen molar-refractivity contribution >= 4 is 38.6 Å². The van der Waals surface area contributed by atoms with Crippen molar-refractivity contribution in [1.29, 1.82) is 0 Å². The SMILES string of the molecule is CCOC(=O)c1cc(CC)c2c(c1)sc1nc(-c3ccc(C4CCCN4C(=O)OC(C)(C)C)cc3F)c(C)n12. The van der Waals surface area contributed by atoms with Gasteiger partial charge in [-0.3, -0.25) is 4.40 Å². The van der Waals surface area contributed by atoms with Gasteiger partial charge in [0.2, 0.25) is 0 Å². The van der Waals surface area contributed by atoms with Crippen molar-refractivity contribution in [1.82, 2.24) is 14.3 Å². The number of halogens is 1.